The molecule has 1 saturated carbocycles. The third-order valence-electron chi connectivity index (χ3n) is 4.77. The molecule has 26 heavy (non-hydrogen) atoms. The van der Waals surface area contributed by atoms with Crippen molar-refractivity contribution in [2.45, 2.75) is 32.9 Å². The Labute approximate surface area is 153 Å². The van der Waals surface area contributed by atoms with Crippen molar-refractivity contribution >= 4 is 6.29 Å². The molecule has 4 heteroatoms. The van der Waals surface area contributed by atoms with Crippen LogP contribution in [0.5, 0.6) is 5.75 Å². The Morgan fingerprint density at radius 3 is 2.73 bits per heavy atom. The molecule has 0 atom stereocenters. The van der Waals surface area contributed by atoms with E-state index in [1.54, 1.807) is 0 Å². The van der Waals surface area contributed by atoms with E-state index in [1.807, 2.05) is 54.2 Å². The third-order valence-corrected chi connectivity index (χ3v) is 4.77. The number of benzene rings is 2. The lowest BCUT2D eigenvalue weighted by Gasteiger charge is -2.13. The van der Waals surface area contributed by atoms with Gasteiger partial charge in [-0.15, -0.1) is 0 Å². The van der Waals surface area contributed by atoms with Gasteiger partial charge in [-0.2, -0.15) is 5.10 Å². The first kappa shape index (κ1) is 16.6. The molecule has 0 spiro atoms. The molecule has 1 fully saturated rings. The number of aromatic nitrogens is 2. The number of hydrogen-bond donors (Lipinski definition) is 0. The zero-order chi connectivity index (χ0) is 17.9. The fraction of sp³-hybridized carbons (Fsp3) is 0.273. The second-order valence-electron chi connectivity index (χ2n) is 7.00. The summed E-state index contributed by atoms with van der Waals surface area (Å²) in [6.45, 7) is 3.41. The summed E-state index contributed by atoms with van der Waals surface area (Å²) in [5, 5.41) is 4.45. The number of rotatable bonds is 7. The van der Waals surface area contributed by atoms with Gasteiger partial charge in [-0.25, -0.2) is 0 Å². The SMILES string of the molecule is Cc1cc(-c2cnn(CC3CC3)c2)cc(C=O)c1OCc1ccccc1. The summed E-state index contributed by atoms with van der Waals surface area (Å²) < 4.78 is 7.95. The van der Waals surface area contributed by atoms with Crippen LogP contribution in [0.4, 0.5) is 0 Å². The van der Waals surface area contributed by atoms with Crippen LogP contribution >= 0.6 is 0 Å². The quantitative estimate of drug-likeness (QED) is 0.584. The molecule has 4 rings (SSSR count). The fourth-order valence-electron chi connectivity index (χ4n) is 3.16. The molecule has 0 radical (unpaired) electrons. The minimum absolute atomic E-state index is 0.446. The minimum atomic E-state index is 0.446. The molecule has 0 N–H and O–H groups in total. The van der Waals surface area contributed by atoms with E-state index in [1.165, 1.54) is 12.8 Å². The highest BCUT2D eigenvalue weighted by Crippen LogP contribution is 2.32. The largest absolute Gasteiger partial charge is 0.488 e. The zero-order valence-electron chi connectivity index (χ0n) is 14.9. The van der Waals surface area contributed by atoms with Crippen LogP contribution in [0.25, 0.3) is 11.1 Å². The van der Waals surface area contributed by atoms with E-state index >= 15 is 0 Å². The van der Waals surface area contributed by atoms with Gasteiger partial charge in [0.1, 0.15) is 12.4 Å². The van der Waals surface area contributed by atoms with Crippen molar-refractivity contribution in [3.05, 3.63) is 71.5 Å². The van der Waals surface area contributed by atoms with Gasteiger partial charge in [-0.3, -0.25) is 9.48 Å². The molecule has 0 bridgehead atoms. The number of nitrogens with zero attached hydrogens (tertiary/aromatic N) is 2. The van der Waals surface area contributed by atoms with Crippen LogP contribution in [0.2, 0.25) is 0 Å². The van der Waals surface area contributed by atoms with Crippen molar-refractivity contribution in [1.82, 2.24) is 9.78 Å². The molecule has 2 aromatic carbocycles. The number of ether oxygens (including phenoxy) is 1. The van der Waals surface area contributed by atoms with Crippen molar-refractivity contribution in [2.24, 2.45) is 5.92 Å². The minimum Gasteiger partial charge on any atom is -0.488 e. The number of hydrogen-bond acceptors (Lipinski definition) is 3. The van der Waals surface area contributed by atoms with Gasteiger partial charge in [-0.05, 0) is 54.5 Å². The van der Waals surface area contributed by atoms with E-state index in [-0.39, 0.29) is 0 Å². The molecule has 3 aromatic rings. The molecule has 0 saturated heterocycles. The predicted molar refractivity (Wildman–Crippen MR) is 101 cm³/mol. The first-order chi connectivity index (χ1) is 12.7. The summed E-state index contributed by atoms with van der Waals surface area (Å²) in [6, 6.07) is 13.9. The van der Waals surface area contributed by atoms with Gasteiger partial charge in [0.25, 0.3) is 0 Å². The van der Waals surface area contributed by atoms with Crippen LogP contribution in [0.15, 0.2) is 54.9 Å². The predicted octanol–water partition coefficient (Wildman–Crippen LogP) is 4.66. The Hall–Kier alpha value is -2.88. The zero-order valence-corrected chi connectivity index (χ0v) is 14.9. The molecule has 1 aromatic heterocycles. The van der Waals surface area contributed by atoms with Crippen molar-refractivity contribution in [3.8, 4) is 16.9 Å². The van der Waals surface area contributed by atoms with Crippen LogP contribution in [0, 0.1) is 12.8 Å². The number of carbonyl (C=O) groups excluding carboxylic acids is 1. The second-order valence-corrected chi connectivity index (χ2v) is 7.00. The normalized spacial score (nSPS) is 13.6. The van der Waals surface area contributed by atoms with Crippen LogP contribution < -0.4 is 4.74 Å². The standard InChI is InChI=1S/C22H22N2O2/c1-16-9-19(21-11-23-24(13-21)12-17-7-8-17)10-20(14-25)22(16)26-15-18-5-3-2-4-6-18/h2-6,9-11,13-14,17H,7-8,12,15H2,1H3. The summed E-state index contributed by atoms with van der Waals surface area (Å²) in [7, 11) is 0. The highest BCUT2D eigenvalue weighted by Gasteiger charge is 2.22. The Balaban J connectivity index is 1.56. The van der Waals surface area contributed by atoms with Crippen LogP contribution in [-0.4, -0.2) is 16.1 Å². The van der Waals surface area contributed by atoms with Gasteiger partial charge in [0.15, 0.2) is 6.29 Å². The highest BCUT2D eigenvalue weighted by atomic mass is 16.5. The Kier molecular flexibility index (Phi) is 4.57. The fourth-order valence-corrected chi connectivity index (χ4v) is 3.16. The van der Waals surface area contributed by atoms with E-state index in [4.69, 9.17) is 4.74 Å². The average Bonchev–Trinajstić information content (AvgIpc) is 3.35. The number of aryl methyl sites for hydroxylation is 1. The van der Waals surface area contributed by atoms with Crippen molar-refractivity contribution in [3.63, 3.8) is 0 Å². The van der Waals surface area contributed by atoms with E-state index in [9.17, 15) is 4.79 Å². The van der Waals surface area contributed by atoms with Gasteiger partial charge in [0, 0.05) is 18.3 Å². The topological polar surface area (TPSA) is 44.1 Å². The maximum Gasteiger partial charge on any atom is 0.153 e. The van der Waals surface area contributed by atoms with E-state index < -0.39 is 0 Å². The molecule has 0 aliphatic heterocycles. The summed E-state index contributed by atoms with van der Waals surface area (Å²) >= 11 is 0. The maximum absolute atomic E-state index is 11.6. The Morgan fingerprint density at radius 2 is 2.00 bits per heavy atom. The summed E-state index contributed by atoms with van der Waals surface area (Å²) in [6.07, 6.45) is 7.40. The maximum atomic E-state index is 11.6. The lowest BCUT2D eigenvalue weighted by atomic mass is 10.0. The lowest BCUT2D eigenvalue weighted by molar-refractivity contribution is 0.111. The summed E-state index contributed by atoms with van der Waals surface area (Å²) in [4.78, 5) is 11.6. The molecular formula is C22H22N2O2. The molecule has 4 nitrogen and oxygen atoms in total. The summed E-state index contributed by atoms with van der Waals surface area (Å²) in [5.74, 6) is 1.43. The molecule has 132 valence electrons. The van der Waals surface area contributed by atoms with Gasteiger partial charge in [-0.1, -0.05) is 30.3 Å². The van der Waals surface area contributed by atoms with Crippen LogP contribution in [-0.2, 0) is 13.2 Å². The van der Waals surface area contributed by atoms with Crippen molar-refractivity contribution < 1.29 is 9.53 Å². The van der Waals surface area contributed by atoms with Gasteiger partial charge in [0.2, 0.25) is 0 Å². The molecular weight excluding hydrogens is 324 g/mol. The molecule has 1 heterocycles. The third kappa shape index (κ3) is 3.69. The average molecular weight is 346 g/mol. The molecule has 1 aliphatic carbocycles. The first-order valence-corrected chi connectivity index (χ1v) is 9.02. The summed E-state index contributed by atoms with van der Waals surface area (Å²) in [5.41, 5.74) is 4.64. The van der Waals surface area contributed by atoms with E-state index in [2.05, 4.69) is 17.4 Å². The Bertz CT molecular complexity index is 911. The number of aldehydes is 1. The van der Waals surface area contributed by atoms with Crippen molar-refractivity contribution in [2.75, 3.05) is 0 Å². The van der Waals surface area contributed by atoms with Crippen LogP contribution in [0.1, 0.15) is 34.3 Å². The molecule has 1 aliphatic rings. The first-order valence-electron chi connectivity index (χ1n) is 9.02. The highest BCUT2D eigenvalue weighted by molar-refractivity contribution is 5.84. The molecule has 0 amide bonds. The van der Waals surface area contributed by atoms with Gasteiger partial charge < -0.3 is 4.74 Å². The molecule has 0 unspecified atom stereocenters. The monoisotopic (exact) mass is 346 g/mol. The van der Waals surface area contributed by atoms with Gasteiger partial charge >= 0.3 is 0 Å². The van der Waals surface area contributed by atoms with Crippen molar-refractivity contribution in [1.29, 1.82) is 0 Å². The van der Waals surface area contributed by atoms with Gasteiger partial charge in [0.05, 0.1) is 11.8 Å². The lowest BCUT2D eigenvalue weighted by Crippen LogP contribution is -2.01. The van der Waals surface area contributed by atoms with Crippen LogP contribution in [0.3, 0.4) is 0 Å². The number of carbonyl (C=O) groups is 1. The second kappa shape index (κ2) is 7.16. The van der Waals surface area contributed by atoms with E-state index in [0.29, 0.717) is 17.9 Å². The smallest absolute Gasteiger partial charge is 0.153 e. The Morgan fingerprint density at radius 1 is 1.19 bits per heavy atom. The van der Waals surface area contributed by atoms with E-state index in [0.717, 1.165) is 41.0 Å².